The summed E-state index contributed by atoms with van der Waals surface area (Å²) in [4.78, 5) is 0. The summed E-state index contributed by atoms with van der Waals surface area (Å²) in [6.07, 6.45) is 0.0709. The van der Waals surface area contributed by atoms with Crippen LogP contribution in [-0.4, -0.2) is 19.3 Å². The van der Waals surface area contributed by atoms with E-state index in [1.165, 1.54) is 6.07 Å². The number of hydrogen-bond acceptors (Lipinski definition) is 2. The normalized spacial score (nSPS) is 12.8. The second-order valence-electron chi connectivity index (χ2n) is 3.61. The third kappa shape index (κ3) is 3.87. The highest BCUT2D eigenvalue weighted by atomic mass is 19.2. The highest BCUT2D eigenvalue weighted by Gasteiger charge is 2.07. The summed E-state index contributed by atoms with van der Waals surface area (Å²) in [5.41, 5.74) is 0.337. The molecule has 0 amide bonds. The van der Waals surface area contributed by atoms with Gasteiger partial charge in [-0.25, -0.2) is 8.78 Å². The molecule has 1 aromatic carbocycles. The van der Waals surface area contributed by atoms with Gasteiger partial charge >= 0.3 is 0 Å². The van der Waals surface area contributed by atoms with Crippen LogP contribution in [0.1, 0.15) is 19.4 Å². The molecular formula is C12H17F2NO. The van der Waals surface area contributed by atoms with Crippen molar-refractivity contribution >= 4 is 0 Å². The predicted octanol–water partition coefficient (Wildman–Crippen LogP) is 2.48. The number of halogens is 2. The molecule has 0 aromatic heterocycles. The van der Waals surface area contributed by atoms with E-state index in [-0.39, 0.29) is 6.10 Å². The van der Waals surface area contributed by atoms with Crippen LogP contribution in [0.5, 0.6) is 0 Å². The number of hydrogen-bond donors (Lipinski definition) is 1. The van der Waals surface area contributed by atoms with Gasteiger partial charge in [-0.05, 0) is 19.9 Å². The molecule has 0 saturated heterocycles. The van der Waals surface area contributed by atoms with Crippen LogP contribution in [0, 0.1) is 11.6 Å². The minimum absolute atomic E-state index is 0.0709. The lowest BCUT2D eigenvalue weighted by Gasteiger charge is -2.12. The number of rotatable bonds is 6. The second-order valence-corrected chi connectivity index (χ2v) is 3.61. The highest BCUT2D eigenvalue weighted by Crippen LogP contribution is 2.10. The van der Waals surface area contributed by atoms with Gasteiger partial charge in [-0.2, -0.15) is 0 Å². The average molecular weight is 229 g/mol. The second kappa shape index (κ2) is 6.55. The molecule has 0 aliphatic carbocycles. The van der Waals surface area contributed by atoms with Crippen LogP contribution in [0.4, 0.5) is 8.78 Å². The zero-order chi connectivity index (χ0) is 12.0. The SMILES string of the molecule is CCOC(C)CNCc1cccc(F)c1F. The largest absolute Gasteiger partial charge is 0.377 e. The van der Waals surface area contributed by atoms with Crippen LogP contribution >= 0.6 is 0 Å². The van der Waals surface area contributed by atoms with Crippen molar-refractivity contribution in [2.24, 2.45) is 0 Å². The molecular weight excluding hydrogens is 212 g/mol. The summed E-state index contributed by atoms with van der Waals surface area (Å²) in [6.45, 7) is 5.42. The summed E-state index contributed by atoms with van der Waals surface area (Å²) in [5.74, 6) is -1.59. The van der Waals surface area contributed by atoms with E-state index in [1.807, 2.05) is 13.8 Å². The maximum Gasteiger partial charge on any atom is 0.163 e. The minimum Gasteiger partial charge on any atom is -0.377 e. The molecule has 0 saturated carbocycles. The Morgan fingerprint density at radius 3 is 2.81 bits per heavy atom. The zero-order valence-electron chi connectivity index (χ0n) is 9.59. The first kappa shape index (κ1) is 13.1. The lowest BCUT2D eigenvalue weighted by Crippen LogP contribution is -2.26. The average Bonchev–Trinajstić information content (AvgIpc) is 2.25. The van der Waals surface area contributed by atoms with E-state index in [4.69, 9.17) is 4.74 Å². The van der Waals surface area contributed by atoms with Gasteiger partial charge in [-0.3, -0.25) is 0 Å². The first-order valence-electron chi connectivity index (χ1n) is 5.40. The van der Waals surface area contributed by atoms with E-state index in [2.05, 4.69) is 5.32 Å². The van der Waals surface area contributed by atoms with E-state index in [0.717, 1.165) is 6.07 Å². The van der Waals surface area contributed by atoms with Crippen molar-refractivity contribution < 1.29 is 13.5 Å². The molecule has 0 radical (unpaired) electrons. The van der Waals surface area contributed by atoms with Crippen molar-refractivity contribution in [3.8, 4) is 0 Å². The summed E-state index contributed by atoms with van der Waals surface area (Å²) in [5, 5.41) is 3.02. The highest BCUT2D eigenvalue weighted by molar-refractivity contribution is 5.18. The van der Waals surface area contributed by atoms with Crippen LogP contribution in [0.3, 0.4) is 0 Å². The van der Waals surface area contributed by atoms with E-state index < -0.39 is 11.6 Å². The molecule has 0 heterocycles. The van der Waals surface area contributed by atoms with E-state index in [0.29, 0.717) is 25.3 Å². The molecule has 1 atom stereocenters. The Morgan fingerprint density at radius 1 is 1.38 bits per heavy atom. The van der Waals surface area contributed by atoms with Gasteiger partial charge in [0.15, 0.2) is 11.6 Å². The smallest absolute Gasteiger partial charge is 0.163 e. The van der Waals surface area contributed by atoms with E-state index >= 15 is 0 Å². The summed E-state index contributed by atoms with van der Waals surface area (Å²) in [7, 11) is 0. The Hall–Kier alpha value is -1.00. The minimum atomic E-state index is -0.808. The maximum atomic E-state index is 13.2. The van der Waals surface area contributed by atoms with Gasteiger partial charge in [-0.15, -0.1) is 0 Å². The quantitative estimate of drug-likeness (QED) is 0.809. The van der Waals surface area contributed by atoms with Crippen LogP contribution in [0.25, 0.3) is 0 Å². The number of ether oxygens (including phenoxy) is 1. The van der Waals surface area contributed by atoms with Crippen LogP contribution < -0.4 is 5.32 Å². The van der Waals surface area contributed by atoms with Gasteiger partial charge in [0.05, 0.1) is 6.10 Å². The lowest BCUT2D eigenvalue weighted by molar-refractivity contribution is 0.0759. The predicted molar refractivity (Wildman–Crippen MR) is 59.2 cm³/mol. The van der Waals surface area contributed by atoms with Gasteiger partial charge in [0.1, 0.15) is 0 Å². The van der Waals surface area contributed by atoms with E-state index in [9.17, 15) is 8.78 Å². The number of nitrogens with one attached hydrogen (secondary N) is 1. The fourth-order valence-electron chi connectivity index (χ4n) is 1.44. The van der Waals surface area contributed by atoms with Crippen molar-refractivity contribution in [3.63, 3.8) is 0 Å². The maximum absolute atomic E-state index is 13.2. The van der Waals surface area contributed by atoms with Crippen molar-refractivity contribution in [3.05, 3.63) is 35.4 Å². The molecule has 1 aromatic rings. The molecule has 16 heavy (non-hydrogen) atoms. The Balaban J connectivity index is 2.40. The van der Waals surface area contributed by atoms with Crippen LogP contribution in [0.15, 0.2) is 18.2 Å². The van der Waals surface area contributed by atoms with Gasteiger partial charge in [0.2, 0.25) is 0 Å². The van der Waals surface area contributed by atoms with Crippen molar-refractivity contribution in [1.82, 2.24) is 5.32 Å². The van der Waals surface area contributed by atoms with Crippen molar-refractivity contribution in [1.29, 1.82) is 0 Å². The molecule has 4 heteroatoms. The van der Waals surface area contributed by atoms with Gasteiger partial charge < -0.3 is 10.1 Å². The van der Waals surface area contributed by atoms with Crippen LogP contribution in [-0.2, 0) is 11.3 Å². The first-order valence-corrected chi connectivity index (χ1v) is 5.40. The Bertz CT molecular complexity index is 331. The molecule has 1 rings (SSSR count). The van der Waals surface area contributed by atoms with Gasteiger partial charge in [0.25, 0.3) is 0 Å². The molecule has 1 unspecified atom stereocenters. The Morgan fingerprint density at radius 2 is 2.12 bits per heavy atom. The van der Waals surface area contributed by atoms with Gasteiger partial charge in [0, 0.05) is 25.3 Å². The van der Waals surface area contributed by atoms with Gasteiger partial charge in [-0.1, -0.05) is 12.1 Å². The third-order valence-electron chi connectivity index (χ3n) is 2.23. The fourth-order valence-corrected chi connectivity index (χ4v) is 1.44. The Kier molecular flexibility index (Phi) is 5.35. The summed E-state index contributed by atoms with van der Waals surface area (Å²) in [6, 6.07) is 4.18. The molecule has 0 aliphatic heterocycles. The number of benzene rings is 1. The standard InChI is InChI=1S/C12H17F2NO/c1-3-16-9(2)7-15-8-10-5-4-6-11(13)12(10)14/h4-6,9,15H,3,7-8H2,1-2H3. The summed E-state index contributed by atoms with van der Waals surface area (Å²) >= 11 is 0. The lowest BCUT2D eigenvalue weighted by atomic mass is 10.2. The van der Waals surface area contributed by atoms with Crippen molar-refractivity contribution in [2.45, 2.75) is 26.5 Å². The molecule has 0 bridgehead atoms. The fraction of sp³-hybridized carbons (Fsp3) is 0.500. The molecule has 0 aliphatic rings. The molecule has 1 N–H and O–H groups in total. The first-order chi connectivity index (χ1) is 7.65. The molecule has 0 spiro atoms. The Labute approximate surface area is 94.6 Å². The monoisotopic (exact) mass is 229 g/mol. The zero-order valence-corrected chi connectivity index (χ0v) is 9.59. The molecule has 0 fully saturated rings. The topological polar surface area (TPSA) is 21.3 Å². The van der Waals surface area contributed by atoms with E-state index in [1.54, 1.807) is 6.07 Å². The molecule has 2 nitrogen and oxygen atoms in total. The van der Waals surface area contributed by atoms with Crippen molar-refractivity contribution in [2.75, 3.05) is 13.2 Å². The summed E-state index contributed by atoms with van der Waals surface area (Å²) < 4.78 is 31.4. The third-order valence-corrected chi connectivity index (χ3v) is 2.23. The van der Waals surface area contributed by atoms with Crippen LogP contribution in [0.2, 0.25) is 0 Å². The molecule has 90 valence electrons.